The fourth-order valence-electron chi connectivity index (χ4n) is 2.08. The second-order valence-electron chi connectivity index (χ2n) is 4.16. The minimum absolute atomic E-state index is 0.0445. The molecule has 5 heteroatoms. The van der Waals surface area contributed by atoms with Gasteiger partial charge in [-0.25, -0.2) is 9.78 Å². The van der Waals surface area contributed by atoms with Crippen molar-refractivity contribution in [1.82, 2.24) is 9.55 Å². The standard InChI is InChI=1S/C13H16N2O3/c1-2-3-12-14-10-8-9(13(17)18)4-5-11(10)15(12)6-7-16/h4-5,8,16H,2-3,6-7H2,1H3,(H,17,18). The van der Waals surface area contributed by atoms with E-state index in [9.17, 15) is 4.79 Å². The predicted molar refractivity (Wildman–Crippen MR) is 67.8 cm³/mol. The Balaban J connectivity index is 2.56. The van der Waals surface area contributed by atoms with E-state index < -0.39 is 5.97 Å². The Morgan fingerprint density at radius 1 is 1.44 bits per heavy atom. The van der Waals surface area contributed by atoms with Gasteiger partial charge in [-0.3, -0.25) is 0 Å². The normalized spacial score (nSPS) is 11.0. The molecular formula is C13H16N2O3. The van der Waals surface area contributed by atoms with Gasteiger partial charge in [0.05, 0.1) is 23.2 Å². The summed E-state index contributed by atoms with van der Waals surface area (Å²) >= 11 is 0. The second kappa shape index (κ2) is 5.18. The molecule has 5 nitrogen and oxygen atoms in total. The highest BCUT2D eigenvalue weighted by molar-refractivity contribution is 5.92. The molecule has 0 spiro atoms. The van der Waals surface area contributed by atoms with Crippen molar-refractivity contribution in [2.75, 3.05) is 6.61 Å². The number of aliphatic hydroxyl groups is 1. The zero-order valence-electron chi connectivity index (χ0n) is 10.3. The summed E-state index contributed by atoms with van der Waals surface area (Å²) in [7, 11) is 0. The molecule has 0 unspecified atom stereocenters. The highest BCUT2D eigenvalue weighted by Crippen LogP contribution is 2.19. The van der Waals surface area contributed by atoms with Crippen molar-refractivity contribution in [1.29, 1.82) is 0 Å². The third-order valence-electron chi connectivity index (χ3n) is 2.87. The number of aromatic carboxylic acids is 1. The molecule has 1 heterocycles. The predicted octanol–water partition coefficient (Wildman–Crippen LogP) is 1.68. The smallest absolute Gasteiger partial charge is 0.335 e. The van der Waals surface area contributed by atoms with Crippen molar-refractivity contribution in [3.8, 4) is 0 Å². The van der Waals surface area contributed by atoms with Crippen LogP contribution in [0.2, 0.25) is 0 Å². The average molecular weight is 248 g/mol. The molecular weight excluding hydrogens is 232 g/mol. The zero-order chi connectivity index (χ0) is 13.1. The number of carboxylic acids is 1. The first-order chi connectivity index (χ1) is 8.67. The second-order valence-corrected chi connectivity index (χ2v) is 4.16. The molecule has 2 N–H and O–H groups in total. The van der Waals surface area contributed by atoms with Crippen LogP contribution < -0.4 is 0 Å². The SMILES string of the molecule is CCCc1nc2cc(C(=O)O)ccc2n1CCO. The van der Waals surface area contributed by atoms with Crippen LogP contribution in [0.5, 0.6) is 0 Å². The first kappa shape index (κ1) is 12.6. The van der Waals surface area contributed by atoms with E-state index in [2.05, 4.69) is 11.9 Å². The number of carboxylic acid groups (broad SMARTS) is 1. The fourth-order valence-corrected chi connectivity index (χ4v) is 2.08. The molecule has 0 aliphatic carbocycles. The molecule has 0 saturated heterocycles. The Morgan fingerprint density at radius 3 is 2.83 bits per heavy atom. The summed E-state index contributed by atoms with van der Waals surface area (Å²) < 4.78 is 1.95. The number of aromatic nitrogens is 2. The quantitative estimate of drug-likeness (QED) is 0.844. The van der Waals surface area contributed by atoms with Crippen LogP contribution in [0.4, 0.5) is 0 Å². The maximum atomic E-state index is 10.9. The zero-order valence-corrected chi connectivity index (χ0v) is 10.3. The summed E-state index contributed by atoms with van der Waals surface area (Å²) in [4.78, 5) is 15.4. The van der Waals surface area contributed by atoms with Crippen LogP contribution in [-0.4, -0.2) is 32.3 Å². The van der Waals surface area contributed by atoms with Gasteiger partial charge in [0.25, 0.3) is 0 Å². The van der Waals surface area contributed by atoms with E-state index in [4.69, 9.17) is 10.2 Å². The van der Waals surface area contributed by atoms with Gasteiger partial charge in [-0.2, -0.15) is 0 Å². The van der Waals surface area contributed by atoms with Gasteiger partial charge >= 0.3 is 5.97 Å². The van der Waals surface area contributed by atoms with Gasteiger partial charge in [-0.05, 0) is 24.6 Å². The van der Waals surface area contributed by atoms with Crippen LogP contribution in [0.3, 0.4) is 0 Å². The van der Waals surface area contributed by atoms with Crippen molar-refractivity contribution < 1.29 is 15.0 Å². The first-order valence-corrected chi connectivity index (χ1v) is 6.00. The molecule has 2 aromatic rings. The fraction of sp³-hybridized carbons (Fsp3) is 0.385. The Labute approximate surface area is 105 Å². The number of rotatable bonds is 5. The van der Waals surface area contributed by atoms with Crippen LogP contribution in [-0.2, 0) is 13.0 Å². The van der Waals surface area contributed by atoms with Crippen LogP contribution >= 0.6 is 0 Å². The Kier molecular flexibility index (Phi) is 3.62. The number of hydrogen-bond donors (Lipinski definition) is 2. The maximum Gasteiger partial charge on any atom is 0.335 e. The van der Waals surface area contributed by atoms with Crippen molar-refractivity contribution >= 4 is 17.0 Å². The topological polar surface area (TPSA) is 75.3 Å². The first-order valence-electron chi connectivity index (χ1n) is 6.00. The number of hydrogen-bond acceptors (Lipinski definition) is 3. The van der Waals surface area contributed by atoms with Crippen LogP contribution in [0.25, 0.3) is 11.0 Å². The van der Waals surface area contributed by atoms with Crippen molar-refractivity contribution in [2.45, 2.75) is 26.3 Å². The lowest BCUT2D eigenvalue weighted by Gasteiger charge is -2.06. The van der Waals surface area contributed by atoms with E-state index >= 15 is 0 Å². The van der Waals surface area contributed by atoms with Gasteiger partial charge < -0.3 is 14.8 Å². The molecule has 0 fully saturated rings. The Morgan fingerprint density at radius 2 is 2.22 bits per heavy atom. The van der Waals surface area contributed by atoms with Crippen molar-refractivity contribution in [2.24, 2.45) is 0 Å². The molecule has 2 rings (SSSR count). The van der Waals surface area contributed by atoms with E-state index in [0.29, 0.717) is 12.1 Å². The molecule has 1 aromatic carbocycles. The minimum Gasteiger partial charge on any atom is -0.478 e. The van der Waals surface area contributed by atoms with E-state index in [1.54, 1.807) is 18.2 Å². The molecule has 1 aromatic heterocycles. The monoisotopic (exact) mass is 248 g/mol. The lowest BCUT2D eigenvalue weighted by atomic mass is 10.2. The van der Waals surface area contributed by atoms with E-state index in [1.165, 1.54) is 0 Å². The molecule has 0 aliphatic rings. The lowest BCUT2D eigenvalue weighted by molar-refractivity contribution is 0.0697. The van der Waals surface area contributed by atoms with Gasteiger partial charge in [0.15, 0.2) is 0 Å². The molecule has 18 heavy (non-hydrogen) atoms. The number of fused-ring (bicyclic) bond motifs is 1. The molecule has 0 amide bonds. The van der Waals surface area contributed by atoms with Crippen LogP contribution in [0.1, 0.15) is 29.5 Å². The van der Waals surface area contributed by atoms with Crippen molar-refractivity contribution in [3.05, 3.63) is 29.6 Å². The molecule has 96 valence electrons. The summed E-state index contributed by atoms with van der Waals surface area (Å²) in [5.41, 5.74) is 1.78. The summed E-state index contributed by atoms with van der Waals surface area (Å²) in [5.74, 6) is -0.0604. The minimum atomic E-state index is -0.953. The van der Waals surface area contributed by atoms with Crippen LogP contribution in [0.15, 0.2) is 18.2 Å². The largest absolute Gasteiger partial charge is 0.478 e. The number of aliphatic hydroxyl groups excluding tert-OH is 1. The highest BCUT2D eigenvalue weighted by atomic mass is 16.4. The molecule has 0 bridgehead atoms. The van der Waals surface area contributed by atoms with Gasteiger partial charge in [0.2, 0.25) is 0 Å². The number of nitrogens with zero attached hydrogens (tertiary/aromatic N) is 2. The van der Waals surface area contributed by atoms with Crippen molar-refractivity contribution in [3.63, 3.8) is 0 Å². The summed E-state index contributed by atoms with van der Waals surface area (Å²) in [6, 6.07) is 4.89. The Hall–Kier alpha value is -1.88. The van der Waals surface area contributed by atoms with Gasteiger partial charge in [0, 0.05) is 13.0 Å². The third-order valence-corrected chi connectivity index (χ3v) is 2.87. The number of imidazole rings is 1. The number of carbonyl (C=O) groups is 1. The van der Waals surface area contributed by atoms with Gasteiger partial charge in [0.1, 0.15) is 5.82 Å². The van der Waals surface area contributed by atoms with E-state index in [0.717, 1.165) is 24.2 Å². The maximum absolute atomic E-state index is 10.9. The van der Waals surface area contributed by atoms with E-state index in [1.807, 2.05) is 4.57 Å². The molecule has 0 radical (unpaired) electrons. The number of aryl methyl sites for hydroxylation is 1. The molecule has 0 aliphatic heterocycles. The number of benzene rings is 1. The Bertz CT molecular complexity index is 575. The summed E-state index contributed by atoms with van der Waals surface area (Å²) in [6.07, 6.45) is 1.78. The average Bonchev–Trinajstić information content (AvgIpc) is 2.68. The lowest BCUT2D eigenvalue weighted by Crippen LogP contribution is -2.06. The summed E-state index contributed by atoms with van der Waals surface area (Å²) in [5, 5.41) is 18.0. The van der Waals surface area contributed by atoms with Crippen LogP contribution in [0, 0.1) is 0 Å². The van der Waals surface area contributed by atoms with Gasteiger partial charge in [-0.15, -0.1) is 0 Å². The van der Waals surface area contributed by atoms with Gasteiger partial charge in [-0.1, -0.05) is 6.92 Å². The third kappa shape index (κ3) is 2.22. The molecule has 0 saturated carbocycles. The highest BCUT2D eigenvalue weighted by Gasteiger charge is 2.12. The van der Waals surface area contributed by atoms with E-state index in [-0.39, 0.29) is 12.2 Å². The summed E-state index contributed by atoms with van der Waals surface area (Å²) in [6.45, 7) is 2.59. The molecule has 0 atom stereocenters.